The fraction of sp³-hybridized carbons (Fsp3) is 0.474. The summed E-state index contributed by atoms with van der Waals surface area (Å²) in [7, 11) is 0. The zero-order valence-electron chi connectivity index (χ0n) is 14.6. The van der Waals surface area contributed by atoms with E-state index in [1.54, 1.807) is 18.2 Å². The Morgan fingerprint density at radius 3 is 2.88 bits per heavy atom. The molecule has 6 nitrogen and oxygen atoms in total. The Balaban J connectivity index is 0.00000196. The van der Waals surface area contributed by atoms with E-state index in [1.807, 2.05) is 13.0 Å². The molecule has 0 aliphatic carbocycles. The number of carbonyl (C=O) groups excluding carboxylic acids is 1. The third-order valence-corrected chi connectivity index (χ3v) is 5.04. The monoisotopic (exact) mass is 378 g/mol. The number of hydrogen-bond donors (Lipinski definition) is 2. The van der Waals surface area contributed by atoms with E-state index in [2.05, 4.69) is 10.6 Å². The maximum absolute atomic E-state index is 12.5. The molecule has 7 heteroatoms. The van der Waals surface area contributed by atoms with Crippen molar-refractivity contribution in [1.82, 2.24) is 10.6 Å². The summed E-state index contributed by atoms with van der Waals surface area (Å²) < 4.78 is 10.9. The highest BCUT2D eigenvalue weighted by atomic mass is 35.5. The lowest BCUT2D eigenvalue weighted by molar-refractivity contribution is 0.0927. The van der Waals surface area contributed by atoms with Crippen molar-refractivity contribution in [2.45, 2.75) is 50.7 Å². The van der Waals surface area contributed by atoms with Gasteiger partial charge in [0.05, 0.1) is 6.61 Å². The molecule has 2 N–H and O–H groups in total. The average molecular weight is 379 g/mol. The number of ether oxygens (including phenoxy) is 1. The third-order valence-electron chi connectivity index (χ3n) is 5.04. The van der Waals surface area contributed by atoms with Gasteiger partial charge in [-0.2, -0.15) is 0 Å². The molecule has 2 aliphatic heterocycles. The molecule has 2 saturated heterocycles. The van der Waals surface area contributed by atoms with Crippen LogP contribution in [0.25, 0.3) is 11.0 Å². The number of rotatable bonds is 5. The van der Waals surface area contributed by atoms with Gasteiger partial charge in [0.2, 0.25) is 0 Å². The highest BCUT2D eigenvalue weighted by Gasteiger charge is 2.39. The van der Waals surface area contributed by atoms with Gasteiger partial charge in [-0.25, -0.2) is 4.79 Å². The number of fused-ring (bicyclic) bond motifs is 3. The molecule has 2 bridgehead atoms. The Kier molecular flexibility index (Phi) is 5.53. The van der Waals surface area contributed by atoms with Crippen LogP contribution in [-0.2, 0) is 0 Å². The fourth-order valence-corrected chi connectivity index (χ4v) is 3.79. The third kappa shape index (κ3) is 3.57. The van der Waals surface area contributed by atoms with E-state index in [1.165, 1.54) is 0 Å². The second-order valence-corrected chi connectivity index (χ2v) is 6.86. The topological polar surface area (TPSA) is 80.6 Å². The first kappa shape index (κ1) is 18.7. The van der Waals surface area contributed by atoms with Crippen molar-refractivity contribution in [3.05, 3.63) is 40.2 Å². The molecule has 1 aromatic heterocycles. The summed E-state index contributed by atoms with van der Waals surface area (Å²) >= 11 is 0. The largest absolute Gasteiger partial charge is 0.493 e. The van der Waals surface area contributed by atoms with Crippen LogP contribution in [0.15, 0.2) is 33.5 Å². The number of carbonyl (C=O) groups is 1. The van der Waals surface area contributed by atoms with Gasteiger partial charge in [0.1, 0.15) is 16.9 Å². The summed E-state index contributed by atoms with van der Waals surface area (Å²) in [6, 6.07) is 7.81. The molecule has 0 saturated carbocycles. The lowest BCUT2D eigenvalue weighted by Crippen LogP contribution is -2.44. The number of amides is 1. The van der Waals surface area contributed by atoms with E-state index in [4.69, 9.17) is 9.15 Å². The van der Waals surface area contributed by atoms with E-state index in [9.17, 15) is 9.59 Å². The number of nitrogens with one attached hydrogen (secondary N) is 2. The van der Waals surface area contributed by atoms with Gasteiger partial charge in [-0.15, -0.1) is 12.4 Å². The molecule has 4 rings (SSSR count). The summed E-state index contributed by atoms with van der Waals surface area (Å²) in [6.45, 7) is 2.63. The van der Waals surface area contributed by atoms with Gasteiger partial charge >= 0.3 is 5.63 Å². The molecule has 1 amide bonds. The van der Waals surface area contributed by atoms with E-state index < -0.39 is 5.63 Å². The first-order valence-electron chi connectivity index (χ1n) is 8.91. The van der Waals surface area contributed by atoms with E-state index in [-0.39, 0.29) is 29.9 Å². The molecule has 0 spiro atoms. The molecule has 2 aromatic rings. The van der Waals surface area contributed by atoms with Gasteiger partial charge in [-0.1, -0.05) is 6.92 Å². The highest BCUT2D eigenvalue weighted by Crippen LogP contribution is 2.28. The maximum atomic E-state index is 12.5. The molecule has 0 radical (unpaired) electrons. The number of benzene rings is 1. The van der Waals surface area contributed by atoms with Gasteiger partial charge in [-0.3, -0.25) is 4.79 Å². The van der Waals surface area contributed by atoms with E-state index in [0.717, 1.165) is 25.7 Å². The lowest BCUT2D eigenvalue weighted by Gasteiger charge is -2.21. The zero-order valence-corrected chi connectivity index (χ0v) is 15.4. The normalized spacial score (nSPS) is 23.7. The predicted molar refractivity (Wildman–Crippen MR) is 101 cm³/mol. The Morgan fingerprint density at radius 1 is 1.35 bits per heavy atom. The van der Waals surface area contributed by atoms with Crippen LogP contribution >= 0.6 is 12.4 Å². The van der Waals surface area contributed by atoms with Crippen LogP contribution in [0.5, 0.6) is 5.75 Å². The summed E-state index contributed by atoms with van der Waals surface area (Å²) in [5.41, 5.74) is -0.136. The van der Waals surface area contributed by atoms with Gasteiger partial charge in [-0.05, 0) is 43.9 Å². The molecule has 3 heterocycles. The van der Waals surface area contributed by atoms with Crippen molar-refractivity contribution in [1.29, 1.82) is 0 Å². The Morgan fingerprint density at radius 2 is 2.19 bits per heavy atom. The van der Waals surface area contributed by atoms with E-state index >= 15 is 0 Å². The maximum Gasteiger partial charge on any atom is 0.349 e. The SMILES string of the molecule is CCCOc1ccc2cc(C(=O)N[C@H]3C[C@H]4CC[C@@H]3N4)c(=O)oc2c1.Cl. The predicted octanol–water partition coefficient (Wildman–Crippen LogP) is 2.63. The van der Waals surface area contributed by atoms with Gasteiger partial charge in [0, 0.05) is 29.6 Å². The first-order chi connectivity index (χ1) is 12.1. The molecule has 3 atom stereocenters. The standard InChI is InChI=1S/C19H22N2O4.ClH/c1-2-7-24-13-5-3-11-8-14(19(23)25-17(11)10-13)18(22)21-16-9-12-4-6-15(16)20-12;/h3,5,8,10,12,15-16,20H,2,4,6-7,9H2,1H3,(H,21,22);1H/t12-,15+,16+;/m1./s1. The number of halogens is 1. The second kappa shape index (κ2) is 7.68. The quantitative estimate of drug-likeness (QED) is 0.782. The number of hydrogen-bond acceptors (Lipinski definition) is 5. The molecule has 1 aromatic carbocycles. The molecular formula is C19H23ClN2O4. The zero-order chi connectivity index (χ0) is 17.4. The van der Waals surface area contributed by atoms with Crippen LogP contribution < -0.4 is 21.0 Å². The fourth-order valence-electron chi connectivity index (χ4n) is 3.79. The molecule has 2 fully saturated rings. The van der Waals surface area contributed by atoms with Crippen LogP contribution in [-0.4, -0.2) is 30.6 Å². The molecule has 2 aliphatic rings. The molecule has 140 valence electrons. The van der Waals surface area contributed by atoms with Gasteiger partial charge in [0.15, 0.2) is 0 Å². The van der Waals surface area contributed by atoms with Crippen LogP contribution in [0.4, 0.5) is 0 Å². The molecular weight excluding hydrogens is 356 g/mol. The Hall–Kier alpha value is -2.05. The second-order valence-electron chi connectivity index (χ2n) is 6.86. The van der Waals surface area contributed by atoms with E-state index in [0.29, 0.717) is 35.4 Å². The lowest BCUT2D eigenvalue weighted by atomic mass is 9.95. The molecule has 26 heavy (non-hydrogen) atoms. The Labute approximate surface area is 157 Å². The summed E-state index contributed by atoms with van der Waals surface area (Å²) in [6.07, 6.45) is 4.06. The average Bonchev–Trinajstić information content (AvgIpc) is 3.22. The van der Waals surface area contributed by atoms with Crippen LogP contribution in [0.1, 0.15) is 43.0 Å². The molecule has 0 unspecified atom stereocenters. The van der Waals surface area contributed by atoms with Crippen molar-refractivity contribution in [2.24, 2.45) is 0 Å². The van der Waals surface area contributed by atoms with Crippen LogP contribution in [0.3, 0.4) is 0 Å². The van der Waals surface area contributed by atoms with Crippen LogP contribution in [0.2, 0.25) is 0 Å². The van der Waals surface area contributed by atoms with Crippen molar-refractivity contribution in [3.63, 3.8) is 0 Å². The van der Waals surface area contributed by atoms with Crippen molar-refractivity contribution in [2.75, 3.05) is 6.61 Å². The smallest absolute Gasteiger partial charge is 0.349 e. The minimum Gasteiger partial charge on any atom is -0.493 e. The van der Waals surface area contributed by atoms with Gasteiger partial charge in [0.25, 0.3) is 5.91 Å². The van der Waals surface area contributed by atoms with Crippen molar-refractivity contribution in [3.8, 4) is 5.75 Å². The van der Waals surface area contributed by atoms with Crippen molar-refractivity contribution < 1.29 is 13.9 Å². The highest BCUT2D eigenvalue weighted by molar-refractivity contribution is 5.97. The summed E-state index contributed by atoms with van der Waals surface area (Å²) in [5.74, 6) is 0.295. The van der Waals surface area contributed by atoms with Crippen LogP contribution in [0, 0.1) is 0 Å². The first-order valence-corrected chi connectivity index (χ1v) is 8.91. The van der Waals surface area contributed by atoms with Crippen molar-refractivity contribution >= 4 is 29.3 Å². The summed E-state index contributed by atoms with van der Waals surface area (Å²) in [5, 5.41) is 7.17. The minimum atomic E-state index is -0.617. The minimum absolute atomic E-state index is 0. The Bertz CT molecular complexity index is 866. The van der Waals surface area contributed by atoms with Gasteiger partial charge < -0.3 is 19.8 Å². The summed E-state index contributed by atoms with van der Waals surface area (Å²) in [4.78, 5) is 24.8.